The molecule has 1 unspecified atom stereocenters. The molecule has 1 atom stereocenters. The van der Waals surface area contributed by atoms with E-state index in [0.29, 0.717) is 5.92 Å². The molecule has 3 fully saturated rings. The van der Waals surface area contributed by atoms with Crippen molar-refractivity contribution in [3.8, 4) is 11.1 Å². The number of rotatable bonds is 3. The van der Waals surface area contributed by atoms with Gasteiger partial charge in [0.15, 0.2) is 0 Å². The van der Waals surface area contributed by atoms with Gasteiger partial charge in [-0.3, -0.25) is 10.2 Å². The lowest BCUT2D eigenvalue weighted by Crippen LogP contribution is -2.52. The first kappa shape index (κ1) is 15.2. The average Bonchev–Trinajstić information content (AvgIpc) is 2.64. The van der Waals surface area contributed by atoms with Crippen molar-refractivity contribution in [1.29, 1.82) is 0 Å². The summed E-state index contributed by atoms with van der Waals surface area (Å²) in [5.74, 6) is 0.529. The van der Waals surface area contributed by atoms with Gasteiger partial charge in [-0.25, -0.2) is 4.79 Å². The predicted molar refractivity (Wildman–Crippen MR) is 94.9 cm³/mol. The highest BCUT2D eigenvalue weighted by Crippen LogP contribution is 2.29. The molecule has 0 aliphatic carbocycles. The summed E-state index contributed by atoms with van der Waals surface area (Å²) < 4.78 is 5.65. The van der Waals surface area contributed by atoms with Crippen LogP contribution in [0.5, 0.6) is 0 Å². The fourth-order valence-corrected chi connectivity index (χ4v) is 3.71. The normalized spacial score (nSPS) is 25.2. The Labute approximate surface area is 142 Å². The summed E-state index contributed by atoms with van der Waals surface area (Å²) in [4.78, 5) is 14.5. The molecule has 0 radical (unpaired) electrons. The molecule has 24 heavy (non-hydrogen) atoms. The van der Waals surface area contributed by atoms with Gasteiger partial charge in [0.1, 0.15) is 6.10 Å². The van der Waals surface area contributed by atoms with E-state index in [1.54, 1.807) is 0 Å². The number of hydrogen-bond donors (Lipinski definition) is 1. The Bertz CT molecular complexity index is 691. The highest BCUT2D eigenvalue weighted by molar-refractivity contribution is 5.85. The first-order valence-corrected chi connectivity index (χ1v) is 8.63. The van der Waals surface area contributed by atoms with Crippen LogP contribution in [0.4, 0.5) is 10.5 Å². The van der Waals surface area contributed by atoms with Gasteiger partial charge in [-0.1, -0.05) is 42.5 Å². The molecule has 5 rings (SSSR count). The Morgan fingerprint density at radius 1 is 0.958 bits per heavy atom. The van der Waals surface area contributed by atoms with Gasteiger partial charge in [-0.05, 0) is 55.1 Å². The maximum atomic E-state index is 12.2. The minimum absolute atomic E-state index is 0.0380. The Morgan fingerprint density at radius 3 is 2.25 bits per heavy atom. The van der Waals surface area contributed by atoms with Crippen molar-refractivity contribution < 1.29 is 9.53 Å². The van der Waals surface area contributed by atoms with Crippen LogP contribution in [-0.2, 0) is 4.74 Å². The number of fused-ring (bicyclic) bond motifs is 3. The molecule has 2 aromatic carbocycles. The summed E-state index contributed by atoms with van der Waals surface area (Å²) in [6, 6.07) is 18.1. The number of hydrogen-bond acceptors (Lipinski definition) is 3. The van der Waals surface area contributed by atoms with Crippen molar-refractivity contribution in [2.24, 2.45) is 5.92 Å². The molecule has 3 aliphatic rings. The molecule has 2 aromatic rings. The molecule has 124 valence electrons. The van der Waals surface area contributed by atoms with Crippen LogP contribution in [0.3, 0.4) is 0 Å². The molecular weight excluding hydrogens is 300 g/mol. The second-order valence-corrected chi connectivity index (χ2v) is 6.65. The first-order valence-electron chi connectivity index (χ1n) is 8.63. The lowest BCUT2D eigenvalue weighted by atomic mass is 9.86. The van der Waals surface area contributed by atoms with E-state index < -0.39 is 0 Å². The van der Waals surface area contributed by atoms with E-state index >= 15 is 0 Å². The average molecular weight is 322 g/mol. The molecule has 0 aromatic heterocycles. The quantitative estimate of drug-likeness (QED) is 0.929. The van der Waals surface area contributed by atoms with Crippen LogP contribution in [0.15, 0.2) is 54.6 Å². The molecule has 3 aliphatic heterocycles. The number of piperidine rings is 3. The smallest absolute Gasteiger partial charge is 0.411 e. The van der Waals surface area contributed by atoms with E-state index in [4.69, 9.17) is 4.74 Å². The maximum Gasteiger partial charge on any atom is 0.411 e. The minimum atomic E-state index is -0.346. The highest BCUT2D eigenvalue weighted by atomic mass is 16.6. The minimum Gasteiger partial charge on any atom is -0.444 e. The number of nitrogens with one attached hydrogen (secondary N) is 1. The van der Waals surface area contributed by atoms with Gasteiger partial charge in [0.2, 0.25) is 0 Å². The van der Waals surface area contributed by atoms with Crippen LogP contribution in [0, 0.1) is 5.92 Å². The number of benzene rings is 2. The van der Waals surface area contributed by atoms with Crippen LogP contribution in [0.1, 0.15) is 12.8 Å². The number of ether oxygens (including phenoxy) is 1. The fourth-order valence-electron chi connectivity index (χ4n) is 3.71. The molecular formula is C20H22N2O2. The van der Waals surface area contributed by atoms with Crippen LogP contribution >= 0.6 is 0 Å². The van der Waals surface area contributed by atoms with Gasteiger partial charge in [0, 0.05) is 12.2 Å². The van der Waals surface area contributed by atoms with E-state index in [0.717, 1.165) is 43.7 Å². The topological polar surface area (TPSA) is 41.6 Å². The second-order valence-electron chi connectivity index (χ2n) is 6.65. The third-order valence-corrected chi connectivity index (χ3v) is 5.09. The number of anilines is 1. The standard InChI is InChI=1S/C20H22N2O2/c23-20(24-19-14-22-12-10-17(19)11-13-22)21-18-8-6-16(7-9-18)15-4-2-1-3-5-15/h1-9,17,19H,10-14H2,(H,21,23). The lowest BCUT2D eigenvalue weighted by molar-refractivity contribution is -0.0289. The van der Waals surface area contributed by atoms with Crippen LogP contribution < -0.4 is 5.32 Å². The molecule has 3 heterocycles. The first-order chi connectivity index (χ1) is 11.8. The number of carbonyl (C=O) groups excluding carboxylic acids is 1. The molecule has 1 N–H and O–H groups in total. The van der Waals surface area contributed by atoms with Crippen molar-refractivity contribution in [2.75, 3.05) is 25.0 Å². The van der Waals surface area contributed by atoms with Gasteiger partial charge in [0.05, 0.1) is 0 Å². The van der Waals surface area contributed by atoms with Crippen molar-refractivity contribution in [1.82, 2.24) is 4.90 Å². The summed E-state index contributed by atoms with van der Waals surface area (Å²) in [5.41, 5.74) is 3.06. The second kappa shape index (κ2) is 6.65. The van der Waals surface area contributed by atoms with Crippen LogP contribution in [-0.4, -0.2) is 36.7 Å². The maximum absolute atomic E-state index is 12.2. The third kappa shape index (κ3) is 3.29. The zero-order valence-electron chi connectivity index (χ0n) is 13.7. The zero-order valence-corrected chi connectivity index (χ0v) is 13.7. The van der Waals surface area contributed by atoms with Crippen molar-refractivity contribution in [3.05, 3.63) is 54.6 Å². The van der Waals surface area contributed by atoms with Crippen molar-refractivity contribution in [2.45, 2.75) is 18.9 Å². The summed E-state index contributed by atoms with van der Waals surface area (Å²) >= 11 is 0. The SMILES string of the molecule is O=C(Nc1ccc(-c2ccccc2)cc1)OC1CN2CCC1CC2. The number of nitrogens with zero attached hydrogens (tertiary/aromatic N) is 1. The molecule has 0 saturated carbocycles. The van der Waals surface area contributed by atoms with E-state index in [9.17, 15) is 4.79 Å². The van der Waals surface area contributed by atoms with Crippen molar-refractivity contribution in [3.63, 3.8) is 0 Å². The number of carbonyl (C=O) groups is 1. The predicted octanol–water partition coefficient (Wildman–Crippen LogP) is 4.00. The van der Waals surface area contributed by atoms with E-state index in [1.165, 1.54) is 5.56 Å². The zero-order chi connectivity index (χ0) is 16.4. The summed E-state index contributed by atoms with van der Waals surface area (Å²) in [5, 5.41) is 2.85. The molecule has 2 bridgehead atoms. The van der Waals surface area contributed by atoms with Gasteiger partial charge < -0.3 is 4.74 Å². The third-order valence-electron chi connectivity index (χ3n) is 5.09. The Kier molecular flexibility index (Phi) is 4.22. The van der Waals surface area contributed by atoms with Gasteiger partial charge in [0.25, 0.3) is 0 Å². The summed E-state index contributed by atoms with van der Waals surface area (Å²) in [7, 11) is 0. The van der Waals surface area contributed by atoms with Crippen LogP contribution in [0.2, 0.25) is 0 Å². The Hall–Kier alpha value is -2.33. The van der Waals surface area contributed by atoms with Gasteiger partial charge in [-0.2, -0.15) is 0 Å². The molecule has 0 spiro atoms. The molecule has 4 nitrogen and oxygen atoms in total. The van der Waals surface area contributed by atoms with Crippen LogP contribution in [0.25, 0.3) is 11.1 Å². The summed E-state index contributed by atoms with van der Waals surface area (Å²) in [6.07, 6.45) is 1.98. The monoisotopic (exact) mass is 322 g/mol. The lowest BCUT2D eigenvalue weighted by Gasteiger charge is -2.43. The number of amides is 1. The van der Waals surface area contributed by atoms with E-state index in [2.05, 4.69) is 22.3 Å². The Balaban J connectivity index is 1.36. The van der Waals surface area contributed by atoms with Gasteiger partial charge in [-0.15, -0.1) is 0 Å². The summed E-state index contributed by atoms with van der Waals surface area (Å²) in [6.45, 7) is 3.17. The molecule has 4 heteroatoms. The largest absolute Gasteiger partial charge is 0.444 e. The highest BCUT2D eigenvalue weighted by Gasteiger charge is 2.36. The fraction of sp³-hybridized carbons (Fsp3) is 0.350. The van der Waals surface area contributed by atoms with Crippen molar-refractivity contribution >= 4 is 11.8 Å². The van der Waals surface area contributed by atoms with Gasteiger partial charge >= 0.3 is 6.09 Å². The molecule has 3 saturated heterocycles. The Morgan fingerprint density at radius 2 is 1.62 bits per heavy atom. The van der Waals surface area contributed by atoms with E-state index in [-0.39, 0.29) is 12.2 Å². The van der Waals surface area contributed by atoms with E-state index in [1.807, 2.05) is 42.5 Å². The molecule has 1 amide bonds.